The molecule has 106 valence electrons. The Hall–Kier alpha value is -2.10. The molecule has 1 saturated heterocycles. The van der Waals surface area contributed by atoms with Gasteiger partial charge >= 0.3 is 5.97 Å². The van der Waals surface area contributed by atoms with E-state index in [2.05, 4.69) is 0 Å². The Kier molecular flexibility index (Phi) is 4.93. The molecule has 0 saturated carbocycles. The van der Waals surface area contributed by atoms with Crippen molar-refractivity contribution in [2.24, 2.45) is 5.92 Å². The Bertz CT molecular complexity index is 496. The van der Waals surface area contributed by atoms with Crippen molar-refractivity contribution >= 4 is 18.0 Å². The number of hydrogen-bond acceptors (Lipinski definition) is 3. The summed E-state index contributed by atoms with van der Waals surface area (Å²) < 4.78 is 4.75. The molecule has 1 aromatic carbocycles. The topological polar surface area (TPSA) is 46.6 Å². The summed E-state index contributed by atoms with van der Waals surface area (Å²) in [6, 6.07) is 9.68. The summed E-state index contributed by atoms with van der Waals surface area (Å²) in [6.07, 6.45) is 4.99. The van der Waals surface area contributed by atoms with Gasteiger partial charge in [0, 0.05) is 19.2 Å². The molecule has 0 bridgehead atoms. The van der Waals surface area contributed by atoms with Crippen LogP contribution in [0.2, 0.25) is 0 Å². The van der Waals surface area contributed by atoms with Crippen LogP contribution in [0, 0.1) is 5.92 Å². The number of methoxy groups -OCH3 is 1. The molecule has 1 aliphatic rings. The molecule has 1 atom stereocenters. The highest BCUT2D eigenvalue weighted by molar-refractivity contribution is 5.92. The average molecular weight is 273 g/mol. The van der Waals surface area contributed by atoms with Gasteiger partial charge in [-0.25, -0.2) is 0 Å². The van der Waals surface area contributed by atoms with Crippen LogP contribution in [0.3, 0.4) is 0 Å². The molecule has 1 aliphatic heterocycles. The molecule has 20 heavy (non-hydrogen) atoms. The SMILES string of the molecule is COC(=O)C1CCCN(C(=O)/C=C/c2ccccc2)C1. The maximum absolute atomic E-state index is 12.1. The van der Waals surface area contributed by atoms with Gasteiger partial charge in [-0.1, -0.05) is 30.3 Å². The van der Waals surface area contributed by atoms with Gasteiger partial charge in [0.15, 0.2) is 0 Å². The van der Waals surface area contributed by atoms with E-state index < -0.39 is 0 Å². The van der Waals surface area contributed by atoms with E-state index in [0.717, 1.165) is 18.4 Å². The first-order valence-electron chi connectivity index (χ1n) is 6.80. The Morgan fingerprint density at radius 2 is 2.05 bits per heavy atom. The molecule has 0 N–H and O–H groups in total. The van der Waals surface area contributed by atoms with Crippen molar-refractivity contribution in [3.8, 4) is 0 Å². The molecule has 0 spiro atoms. The lowest BCUT2D eigenvalue weighted by molar-refractivity contribution is -0.148. The number of carbonyl (C=O) groups excluding carboxylic acids is 2. The molecule has 1 heterocycles. The maximum atomic E-state index is 12.1. The Labute approximate surface area is 119 Å². The Morgan fingerprint density at radius 1 is 1.30 bits per heavy atom. The molecule has 0 aromatic heterocycles. The van der Waals surface area contributed by atoms with E-state index in [1.165, 1.54) is 7.11 Å². The highest BCUT2D eigenvalue weighted by atomic mass is 16.5. The van der Waals surface area contributed by atoms with Crippen LogP contribution in [0.25, 0.3) is 6.08 Å². The third-order valence-corrected chi connectivity index (χ3v) is 3.49. The van der Waals surface area contributed by atoms with E-state index in [0.29, 0.717) is 13.1 Å². The molecule has 1 amide bonds. The van der Waals surface area contributed by atoms with Crippen LogP contribution in [0.5, 0.6) is 0 Å². The molecule has 1 unspecified atom stereocenters. The first kappa shape index (κ1) is 14.3. The summed E-state index contributed by atoms with van der Waals surface area (Å²) >= 11 is 0. The number of hydrogen-bond donors (Lipinski definition) is 0. The Balaban J connectivity index is 1.95. The second kappa shape index (κ2) is 6.89. The summed E-state index contributed by atoms with van der Waals surface area (Å²) in [7, 11) is 1.39. The smallest absolute Gasteiger partial charge is 0.310 e. The fourth-order valence-corrected chi connectivity index (χ4v) is 2.37. The van der Waals surface area contributed by atoms with Crippen molar-refractivity contribution in [2.45, 2.75) is 12.8 Å². The van der Waals surface area contributed by atoms with E-state index in [9.17, 15) is 9.59 Å². The van der Waals surface area contributed by atoms with Crippen LogP contribution in [0.4, 0.5) is 0 Å². The molecule has 2 rings (SSSR count). The highest BCUT2D eigenvalue weighted by Gasteiger charge is 2.27. The predicted octanol–water partition coefficient (Wildman–Crippen LogP) is 2.11. The largest absolute Gasteiger partial charge is 0.469 e. The number of benzene rings is 1. The van der Waals surface area contributed by atoms with Gasteiger partial charge in [0.1, 0.15) is 0 Å². The number of nitrogens with zero attached hydrogens (tertiary/aromatic N) is 1. The van der Waals surface area contributed by atoms with Crippen molar-refractivity contribution in [3.05, 3.63) is 42.0 Å². The maximum Gasteiger partial charge on any atom is 0.310 e. The number of amides is 1. The predicted molar refractivity (Wildman–Crippen MR) is 76.8 cm³/mol. The number of piperidine rings is 1. The highest BCUT2D eigenvalue weighted by Crippen LogP contribution is 2.18. The van der Waals surface area contributed by atoms with Gasteiger partial charge < -0.3 is 9.64 Å². The van der Waals surface area contributed by atoms with Crippen molar-refractivity contribution in [1.29, 1.82) is 0 Å². The first-order valence-corrected chi connectivity index (χ1v) is 6.80. The first-order chi connectivity index (χ1) is 9.70. The third kappa shape index (κ3) is 3.70. The summed E-state index contributed by atoms with van der Waals surface area (Å²) in [4.78, 5) is 25.4. The average Bonchev–Trinajstić information content (AvgIpc) is 2.53. The van der Waals surface area contributed by atoms with Gasteiger partial charge in [0.05, 0.1) is 13.0 Å². The van der Waals surface area contributed by atoms with E-state index in [1.54, 1.807) is 17.1 Å². The van der Waals surface area contributed by atoms with Crippen molar-refractivity contribution < 1.29 is 14.3 Å². The van der Waals surface area contributed by atoms with Crippen molar-refractivity contribution in [3.63, 3.8) is 0 Å². The monoisotopic (exact) mass is 273 g/mol. The van der Waals surface area contributed by atoms with Gasteiger partial charge in [-0.15, -0.1) is 0 Å². The van der Waals surface area contributed by atoms with Crippen LogP contribution >= 0.6 is 0 Å². The molecule has 1 aromatic rings. The van der Waals surface area contributed by atoms with E-state index in [-0.39, 0.29) is 17.8 Å². The molecular weight excluding hydrogens is 254 g/mol. The quantitative estimate of drug-likeness (QED) is 0.626. The third-order valence-electron chi connectivity index (χ3n) is 3.49. The van der Waals surface area contributed by atoms with Crippen LogP contribution in [-0.2, 0) is 14.3 Å². The Morgan fingerprint density at radius 3 is 2.75 bits per heavy atom. The number of ether oxygens (including phenoxy) is 1. The fraction of sp³-hybridized carbons (Fsp3) is 0.375. The van der Waals surface area contributed by atoms with E-state index in [4.69, 9.17) is 4.74 Å². The van der Waals surface area contributed by atoms with Gasteiger partial charge in [-0.05, 0) is 24.5 Å². The van der Waals surface area contributed by atoms with Crippen LogP contribution in [0.1, 0.15) is 18.4 Å². The van der Waals surface area contributed by atoms with Gasteiger partial charge in [-0.2, -0.15) is 0 Å². The van der Waals surface area contributed by atoms with Gasteiger partial charge in [-0.3, -0.25) is 9.59 Å². The van der Waals surface area contributed by atoms with Gasteiger partial charge in [0.25, 0.3) is 0 Å². The zero-order chi connectivity index (χ0) is 14.4. The van der Waals surface area contributed by atoms with E-state index in [1.807, 2.05) is 30.3 Å². The number of carbonyl (C=O) groups is 2. The second-order valence-corrected chi connectivity index (χ2v) is 4.89. The zero-order valence-corrected chi connectivity index (χ0v) is 11.6. The van der Waals surface area contributed by atoms with Crippen molar-refractivity contribution in [2.75, 3.05) is 20.2 Å². The minimum atomic E-state index is -0.227. The van der Waals surface area contributed by atoms with Gasteiger partial charge in [0.2, 0.25) is 5.91 Å². The van der Waals surface area contributed by atoms with Crippen LogP contribution in [-0.4, -0.2) is 37.0 Å². The standard InChI is InChI=1S/C16H19NO3/c1-20-16(19)14-8-5-11-17(12-14)15(18)10-9-13-6-3-2-4-7-13/h2-4,6-7,9-10,14H,5,8,11-12H2,1H3/b10-9+. The fourth-order valence-electron chi connectivity index (χ4n) is 2.37. The molecule has 4 nitrogen and oxygen atoms in total. The number of esters is 1. The van der Waals surface area contributed by atoms with Crippen molar-refractivity contribution in [1.82, 2.24) is 4.90 Å². The zero-order valence-electron chi connectivity index (χ0n) is 11.6. The summed E-state index contributed by atoms with van der Waals surface area (Å²) in [6.45, 7) is 1.15. The summed E-state index contributed by atoms with van der Waals surface area (Å²) in [5.74, 6) is -0.472. The second-order valence-electron chi connectivity index (χ2n) is 4.89. The molecular formula is C16H19NO3. The molecule has 0 radical (unpaired) electrons. The van der Waals surface area contributed by atoms with Crippen LogP contribution < -0.4 is 0 Å². The normalized spacial score (nSPS) is 19.1. The minimum Gasteiger partial charge on any atom is -0.469 e. The molecule has 0 aliphatic carbocycles. The van der Waals surface area contributed by atoms with Crippen LogP contribution in [0.15, 0.2) is 36.4 Å². The lowest BCUT2D eigenvalue weighted by Crippen LogP contribution is -2.41. The summed E-state index contributed by atoms with van der Waals surface area (Å²) in [5.41, 5.74) is 0.988. The molecule has 4 heteroatoms. The lowest BCUT2D eigenvalue weighted by atomic mass is 9.98. The minimum absolute atomic E-state index is 0.0533. The van der Waals surface area contributed by atoms with E-state index >= 15 is 0 Å². The lowest BCUT2D eigenvalue weighted by Gasteiger charge is -2.30. The molecule has 1 fully saturated rings. The number of rotatable bonds is 3. The number of likely N-dealkylation sites (tertiary alicyclic amines) is 1. The summed E-state index contributed by atoms with van der Waals surface area (Å²) in [5, 5.41) is 0.